The number of ether oxygens (including phenoxy) is 1. The minimum absolute atomic E-state index is 0.551. The van der Waals surface area contributed by atoms with Crippen LogP contribution in [-0.4, -0.2) is 18.2 Å². The number of carboxylic acid groups (broad SMARTS) is 1. The number of carbonyl (C=O) groups is 1. The second kappa shape index (κ2) is 4.84. The molecule has 0 aliphatic rings. The third kappa shape index (κ3) is 2.20. The Balaban J connectivity index is 3.45. The minimum Gasteiger partial charge on any atom is -0.496 e. The number of halogens is 1. The molecule has 0 aliphatic heterocycles. The number of benzene rings is 1. The number of hydrogen-bond acceptors (Lipinski definition) is 3. The standard InChI is InChI=1S/C11H14BrNO3/c1-5-4-7(12)8(9(13)11(14)15)6(2)10(5)16-3/h4,9H,13H2,1-3H3,(H,14,15). The lowest BCUT2D eigenvalue weighted by Gasteiger charge is -2.17. The van der Waals surface area contributed by atoms with Gasteiger partial charge in [-0.1, -0.05) is 15.9 Å². The van der Waals surface area contributed by atoms with Crippen molar-refractivity contribution in [3.63, 3.8) is 0 Å². The third-order valence-electron chi connectivity index (χ3n) is 2.48. The topological polar surface area (TPSA) is 72.5 Å². The lowest BCUT2D eigenvalue weighted by atomic mass is 9.98. The van der Waals surface area contributed by atoms with Crippen molar-refractivity contribution >= 4 is 21.9 Å². The Kier molecular flexibility index (Phi) is 3.93. The van der Waals surface area contributed by atoms with E-state index in [0.29, 0.717) is 15.8 Å². The highest BCUT2D eigenvalue weighted by Crippen LogP contribution is 2.35. The predicted molar refractivity (Wildman–Crippen MR) is 64.7 cm³/mol. The number of nitrogens with two attached hydrogens (primary N) is 1. The first-order chi connectivity index (χ1) is 7.40. The lowest BCUT2D eigenvalue weighted by molar-refractivity contribution is -0.138. The summed E-state index contributed by atoms with van der Waals surface area (Å²) in [5.74, 6) is -0.385. The molecule has 88 valence electrons. The summed E-state index contributed by atoms with van der Waals surface area (Å²) in [4.78, 5) is 10.9. The van der Waals surface area contributed by atoms with Gasteiger partial charge in [0.25, 0.3) is 0 Å². The van der Waals surface area contributed by atoms with E-state index < -0.39 is 12.0 Å². The van der Waals surface area contributed by atoms with Gasteiger partial charge >= 0.3 is 5.97 Å². The number of methoxy groups -OCH3 is 1. The van der Waals surface area contributed by atoms with Crippen molar-refractivity contribution in [3.05, 3.63) is 27.2 Å². The molecule has 1 unspecified atom stereocenters. The maximum Gasteiger partial charge on any atom is 0.325 e. The SMILES string of the molecule is COc1c(C)cc(Br)c(C(N)C(=O)O)c1C. The van der Waals surface area contributed by atoms with Crippen LogP contribution in [0.4, 0.5) is 0 Å². The van der Waals surface area contributed by atoms with E-state index in [2.05, 4.69) is 15.9 Å². The number of rotatable bonds is 3. The molecule has 0 saturated heterocycles. The van der Waals surface area contributed by atoms with Gasteiger partial charge in [0.05, 0.1) is 7.11 Å². The van der Waals surface area contributed by atoms with E-state index in [9.17, 15) is 4.79 Å². The van der Waals surface area contributed by atoms with Crippen molar-refractivity contribution in [2.75, 3.05) is 7.11 Å². The molecule has 0 saturated carbocycles. The van der Waals surface area contributed by atoms with Gasteiger partial charge in [-0.15, -0.1) is 0 Å². The van der Waals surface area contributed by atoms with Gasteiger partial charge in [0.1, 0.15) is 11.8 Å². The van der Waals surface area contributed by atoms with Crippen molar-refractivity contribution < 1.29 is 14.6 Å². The summed E-state index contributed by atoms with van der Waals surface area (Å²) in [5.41, 5.74) is 7.87. The molecule has 1 atom stereocenters. The molecule has 5 heteroatoms. The molecular weight excluding hydrogens is 274 g/mol. The monoisotopic (exact) mass is 287 g/mol. The van der Waals surface area contributed by atoms with Gasteiger partial charge in [0.15, 0.2) is 0 Å². The molecule has 4 nitrogen and oxygen atoms in total. The highest BCUT2D eigenvalue weighted by atomic mass is 79.9. The molecule has 1 rings (SSSR count). The zero-order valence-electron chi connectivity index (χ0n) is 9.37. The molecule has 0 bridgehead atoms. The van der Waals surface area contributed by atoms with E-state index in [4.69, 9.17) is 15.6 Å². The molecule has 3 N–H and O–H groups in total. The van der Waals surface area contributed by atoms with Crippen LogP contribution in [0, 0.1) is 13.8 Å². The molecule has 0 fully saturated rings. The summed E-state index contributed by atoms with van der Waals surface area (Å²) in [7, 11) is 1.55. The van der Waals surface area contributed by atoms with Gasteiger partial charge in [-0.3, -0.25) is 4.79 Å². The average molecular weight is 288 g/mol. The van der Waals surface area contributed by atoms with Crippen LogP contribution in [0.1, 0.15) is 22.7 Å². The van der Waals surface area contributed by atoms with E-state index in [1.54, 1.807) is 14.0 Å². The number of aliphatic carboxylic acids is 1. The summed E-state index contributed by atoms with van der Waals surface area (Å²) in [5, 5.41) is 8.93. The van der Waals surface area contributed by atoms with Crippen LogP contribution in [0.3, 0.4) is 0 Å². The number of aryl methyl sites for hydroxylation is 1. The van der Waals surface area contributed by atoms with Gasteiger partial charge < -0.3 is 15.6 Å². The van der Waals surface area contributed by atoms with Crippen LogP contribution < -0.4 is 10.5 Å². The first-order valence-corrected chi connectivity index (χ1v) is 5.51. The molecule has 0 radical (unpaired) electrons. The zero-order valence-corrected chi connectivity index (χ0v) is 11.0. The van der Waals surface area contributed by atoms with Crippen molar-refractivity contribution in [1.29, 1.82) is 0 Å². The smallest absolute Gasteiger partial charge is 0.325 e. The van der Waals surface area contributed by atoms with Crippen molar-refractivity contribution in [3.8, 4) is 5.75 Å². The predicted octanol–water partition coefficient (Wildman–Crippen LogP) is 2.16. The Morgan fingerprint density at radius 1 is 1.56 bits per heavy atom. The molecule has 0 heterocycles. The summed E-state index contributed by atoms with van der Waals surface area (Å²) in [6.07, 6.45) is 0. The van der Waals surface area contributed by atoms with Gasteiger partial charge in [0.2, 0.25) is 0 Å². The molecule has 0 aliphatic carbocycles. The van der Waals surface area contributed by atoms with E-state index in [0.717, 1.165) is 11.1 Å². The Morgan fingerprint density at radius 2 is 2.12 bits per heavy atom. The highest BCUT2D eigenvalue weighted by Gasteiger charge is 2.22. The largest absolute Gasteiger partial charge is 0.496 e. The van der Waals surface area contributed by atoms with Crippen molar-refractivity contribution in [2.45, 2.75) is 19.9 Å². The molecule has 1 aromatic carbocycles. The zero-order chi connectivity index (χ0) is 12.5. The minimum atomic E-state index is -1.06. The van der Waals surface area contributed by atoms with E-state index in [1.807, 2.05) is 13.0 Å². The third-order valence-corrected chi connectivity index (χ3v) is 3.14. The summed E-state index contributed by atoms with van der Waals surface area (Å²) < 4.78 is 5.92. The fraction of sp³-hybridized carbons (Fsp3) is 0.364. The van der Waals surface area contributed by atoms with Gasteiger partial charge in [-0.2, -0.15) is 0 Å². The second-order valence-corrected chi connectivity index (χ2v) is 4.42. The Morgan fingerprint density at radius 3 is 2.56 bits per heavy atom. The van der Waals surface area contributed by atoms with E-state index in [1.165, 1.54) is 0 Å². The van der Waals surface area contributed by atoms with E-state index >= 15 is 0 Å². The van der Waals surface area contributed by atoms with E-state index in [-0.39, 0.29) is 0 Å². The highest BCUT2D eigenvalue weighted by molar-refractivity contribution is 9.10. The lowest BCUT2D eigenvalue weighted by Crippen LogP contribution is -2.22. The normalized spacial score (nSPS) is 12.3. The number of carboxylic acids is 1. The van der Waals surface area contributed by atoms with Crippen LogP contribution in [0.25, 0.3) is 0 Å². The van der Waals surface area contributed by atoms with Crippen LogP contribution in [-0.2, 0) is 4.79 Å². The van der Waals surface area contributed by atoms with Gasteiger partial charge in [-0.25, -0.2) is 0 Å². The first kappa shape index (κ1) is 13.0. The van der Waals surface area contributed by atoms with Crippen molar-refractivity contribution in [1.82, 2.24) is 0 Å². The molecule has 1 aromatic rings. The maximum atomic E-state index is 10.9. The molecule has 0 spiro atoms. The summed E-state index contributed by atoms with van der Waals surface area (Å²) in [6, 6.07) is 0.758. The van der Waals surface area contributed by atoms with Gasteiger partial charge in [-0.05, 0) is 31.0 Å². The first-order valence-electron chi connectivity index (χ1n) is 4.72. The molecule has 16 heavy (non-hydrogen) atoms. The fourth-order valence-corrected chi connectivity index (χ4v) is 2.64. The fourth-order valence-electron chi connectivity index (χ4n) is 1.75. The Bertz CT molecular complexity index is 432. The van der Waals surface area contributed by atoms with Crippen LogP contribution >= 0.6 is 15.9 Å². The van der Waals surface area contributed by atoms with Crippen LogP contribution in [0.5, 0.6) is 5.75 Å². The molecule has 0 amide bonds. The van der Waals surface area contributed by atoms with Crippen LogP contribution in [0.15, 0.2) is 10.5 Å². The van der Waals surface area contributed by atoms with Gasteiger partial charge in [0, 0.05) is 10.0 Å². The summed E-state index contributed by atoms with van der Waals surface area (Å²) >= 11 is 3.33. The molecular formula is C11H14BrNO3. The molecule has 0 aromatic heterocycles. The number of hydrogen-bond donors (Lipinski definition) is 2. The Hall–Kier alpha value is -1.07. The van der Waals surface area contributed by atoms with Crippen LogP contribution in [0.2, 0.25) is 0 Å². The van der Waals surface area contributed by atoms with Crippen molar-refractivity contribution in [2.24, 2.45) is 5.73 Å². The maximum absolute atomic E-state index is 10.9. The second-order valence-electron chi connectivity index (χ2n) is 3.56. The Labute approximate surface area is 103 Å². The summed E-state index contributed by atoms with van der Waals surface area (Å²) in [6.45, 7) is 3.70. The average Bonchev–Trinajstić information content (AvgIpc) is 2.17. The quantitative estimate of drug-likeness (QED) is 0.894.